The van der Waals surface area contributed by atoms with E-state index < -0.39 is 23.5 Å². The topological polar surface area (TPSA) is 71.3 Å². The van der Waals surface area contributed by atoms with Crippen molar-refractivity contribution in [3.8, 4) is 0 Å². The molecule has 1 aliphatic rings. The summed E-state index contributed by atoms with van der Waals surface area (Å²) < 4.78 is 53.6. The van der Waals surface area contributed by atoms with E-state index in [1.807, 2.05) is 0 Å². The van der Waals surface area contributed by atoms with Gasteiger partial charge in [-0.25, -0.2) is 4.39 Å². The third-order valence-electron chi connectivity index (χ3n) is 6.01. The van der Waals surface area contributed by atoms with E-state index in [1.54, 1.807) is 10.6 Å². The Morgan fingerprint density at radius 1 is 1.12 bits per heavy atom. The fourth-order valence-electron chi connectivity index (χ4n) is 4.48. The summed E-state index contributed by atoms with van der Waals surface area (Å²) in [5, 5.41) is 12.9. The molecule has 1 amide bonds. The zero-order chi connectivity index (χ0) is 23.8. The number of fused-ring (bicyclic) bond motifs is 3. The number of aryl methyl sites for hydroxylation is 1. The highest BCUT2D eigenvalue weighted by Crippen LogP contribution is 2.33. The Kier molecular flexibility index (Phi) is 6.14. The molecule has 4 rings (SSSR count). The first kappa shape index (κ1) is 22.8. The lowest BCUT2D eigenvalue weighted by atomic mass is 9.91. The summed E-state index contributed by atoms with van der Waals surface area (Å²) in [5.74, 6) is -1.62. The minimum Gasteiger partial charge on any atom is -0.480 e. The standard InChI is InChI=1S/C24H22F4N2O3/c25-16-6-8-20-18(11-16)19-12-17(7-9-21(19)30(20)13-23(32)33)29-22(31)10-3-14-1-4-15(5-2-14)24(26,27)28/h1-2,4-6,8,11,17H,3,7,9-10,12-13H2,(H,29,31)(H,32,33). The number of aliphatic carboxylic acids is 1. The van der Waals surface area contributed by atoms with Crippen LogP contribution in [-0.4, -0.2) is 27.6 Å². The molecule has 0 radical (unpaired) electrons. The van der Waals surface area contributed by atoms with Crippen LogP contribution < -0.4 is 5.32 Å². The molecule has 0 fully saturated rings. The van der Waals surface area contributed by atoms with E-state index in [2.05, 4.69) is 5.32 Å². The number of carboxylic acids is 1. The zero-order valence-corrected chi connectivity index (χ0v) is 17.6. The van der Waals surface area contributed by atoms with Crippen LogP contribution in [-0.2, 0) is 41.6 Å². The lowest BCUT2D eigenvalue weighted by Crippen LogP contribution is -2.39. The highest BCUT2D eigenvalue weighted by molar-refractivity contribution is 5.87. The van der Waals surface area contributed by atoms with Crippen molar-refractivity contribution in [2.45, 2.75) is 50.9 Å². The zero-order valence-electron chi connectivity index (χ0n) is 17.6. The molecule has 2 aromatic carbocycles. The molecule has 2 N–H and O–H groups in total. The van der Waals surface area contributed by atoms with Crippen molar-refractivity contribution < 1.29 is 32.3 Å². The van der Waals surface area contributed by atoms with Gasteiger partial charge in [0.05, 0.1) is 5.56 Å². The molecule has 33 heavy (non-hydrogen) atoms. The maximum absolute atomic E-state index is 13.9. The molecule has 0 spiro atoms. The normalized spacial score (nSPS) is 15.9. The van der Waals surface area contributed by atoms with Crippen LogP contribution in [0.5, 0.6) is 0 Å². The molecule has 1 aromatic heterocycles. The van der Waals surface area contributed by atoms with Crippen LogP contribution in [0.25, 0.3) is 10.9 Å². The number of alkyl halides is 3. The third kappa shape index (κ3) is 5.02. The Morgan fingerprint density at radius 3 is 2.52 bits per heavy atom. The van der Waals surface area contributed by atoms with Gasteiger partial charge in [-0.05, 0) is 67.1 Å². The Balaban J connectivity index is 1.43. The van der Waals surface area contributed by atoms with Crippen LogP contribution in [0, 0.1) is 5.82 Å². The van der Waals surface area contributed by atoms with Gasteiger partial charge >= 0.3 is 12.1 Å². The summed E-state index contributed by atoms with van der Waals surface area (Å²) >= 11 is 0. The molecule has 0 saturated heterocycles. The van der Waals surface area contributed by atoms with Gasteiger partial charge in [0.2, 0.25) is 5.91 Å². The minimum atomic E-state index is -4.40. The first-order valence-corrected chi connectivity index (χ1v) is 10.6. The Morgan fingerprint density at radius 2 is 1.85 bits per heavy atom. The fourth-order valence-corrected chi connectivity index (χ4v) is 4.48. The number of hydrogen-bond acceptors (Lipinski definition) is 2. The molecule has 1 atom stereocenters. The van der Waals surface area contributed by atoms with Crippen molar-refractivity contribution in [2.24, 2.45) is 0 Å². The molecule has 0 bridgehead atoms. The van der Waals surface area contributed by atoms with Crippen molar-refractivity contribution in [1.82, 2.24) is 9.88 Å². The quantitative estimate of drug-likeness (QED) is 0.531. The molecule has 1 heterocycles. The summed E-state index contributed by atoms with van der Waals surface area (Å²) in [6.07, 6.45) is -2.35. The highest BCUT2D eigenvalue weighted by Gasteiger charge is 2.30. The van der Waals surface area contributed by atoms with Crippen LogP contribution >= 0.6 is 0 Å². The van der Waals surface area contributed by atoms with E-state index in [0.717, 1.165) is 23.4 Å². The lowest BCUT2D eigenvalue weighted by Gasteiger charge is -2.25. The molecule has 1 aliphatic carbocycles. The Hall–Kier alpha value is -3.36. The van der Waals surface area contributed by atoms with Gasteiger partial charge in [-0.3, -0.25) is 9.59 Å². The maximum atomic E-state index is 13.9. The van der Waals surface area contributed by atoms with Gasteiger partial charge in [0.25, 0.3) is 0 Å². The van der Waals surface area contributed by atoms with Gasteiger partial charge in [0, 0.05) is 29.1 Å². The number of nitrogens with zero attached hydrogens (tertiary/aromatic N) is 1. The molecule has 0 aliphatic heterocycles. The van der Waals surface area contributed by atoms with Crippen LogP contribution in [0.4, 0.5) is 17.6 Å². The van der Waals surface area contributed by atoms with Gasteiger partial charge in [0.15, 0.2) is 0 Å². The van der Waals surface area contributed by atoms with Crippen molar-refractivity contribution in [3.63, 3.8) is 0 Å². The van der Waals surface area contributed by atoms with E-state index in [-0.39, 0.29) is 24.9 Å². The van der Waals surface area contributed by atoms with Crippen molar-refractivity contribution >= 4 is 22.8 Å². The van der Waals surface area contributed by atoms with Crippen LogP contribution in [0.1, 0.15) is 35.2 Å². The molecular formula is C24H22F4N2O3. The third-order valence-corrected chi connectivity index (χ3v) is 6.01. The minimum absolute atomic E-state index is 0.129. The molecular weight excluding hydrogens is 440 g/mol. The van der Waals surface area contributed by atoms with E-state index in [4.69, 9.17) is 0 Å². The van der Waals surface area contributed by atoms with Crippen LogP contribution in [0.15, 0.2) is 42.5 Å². The number of amides is 1. The summed E-state index contributed by atoms with van der Waals surface area (Å²) in [5.41, 5.74) is 2.24. The first-order valence-electron chi connectivity index (χ1n) is 10.6. The number of carboxylic acid groups (broad SMARTS) is 1. The second-order valence-electron chi connectivity index (χ2n) is 8.27. The monoisotopic (exact) mass is 462 g/mol. The van der Waals surface area contributed by atoms with Gasteiger partial charge in [-0.15, -0.1) is 0 Å². The lowest BCUT2D eigenvalue weighted by molar-refractivity contribution is -0.138. The van der Waals surface area contributed by atoms with Gasteiger partial charge in [-0.1, -0.05) is 12.1 Å². The average Bonchev–Trinajstić information content (AvgIpc) is 3.04. The number of nitrogens with one attached hydrogen (secondary N) is 1. The van der Waals surface area contributed by atoms with Crippen LogP contribution in [0.3, 0.4) is 0 Å². The summed E-state index contributed by atoms with van der Waals surface area (Å²) in [6.45, 7) is -0.221. The summed E-state index contributed by atoms with van der Waals surface area (Å²) in [7, 11) is 0. The predicted octanol–water partition coefficient (Wildman–Crippen LogP) is 4.49. The van der Waals surface area contributed by atoms with E-state index in [0.29, 0.717) is 42.1 Å². The van der Waals surface area contributed by atoms with Crippen molar-refractivity contribution in [3.05, 3.63) is 70.7 Å². The SMILES string of the molecule is O=C(O)Cn1c2c(c3cc(F)ccc31)CC(NC(=O)CCc1ccc(C(F)(F)F)cc1)CC2. The largest absolute Gasteiger partial charge is 0.480 e. The average molecular weight is 462 g/mol. The molecule has 174 valence electrons. The Labute approximate surface area is 187 Å². The summed E-state index contributed by atoms with van der Waals surface area (Å²) in [6, 6.07) is 8.81. The van der Waals surface area contributed by atoms with Crippen LogP contribution in [0.2, 0.25) is 0 Å². The second kappa shape index (κ2) is 8.88. The smallest absolute Gasteiger partial charge is 0.416 e. The van der Waals surface area contributed by atoms with E-state index in [1.165, 1.54) is 24.3 Å². The second-order valence-corrected chi connectivity index (χ2v) is 8.27. The highest BCUT2D eigenvalue weighted by atomic mass is 19.4. The molecule has 0 saturated carbocycles. The number of carbonyl (C=O) groups excluding carboxylic acids is 1. The maximum Gasteiger partial charge on any atom is 0.416 e. The van der Waals surface area contributed by atoms with E-state index in [9.17, 15) is 32.3 Å². The number of benzene rings is 2. The number of carbonyl (C=O) groups is 2. The summed E-state index contributed by atoms with van der Waals surface area (Å²) in [4.78, 5) is 23.8. The number of halogens is 4. The van der Waals surface area contributed by atoms with E-state index >= 15 is 0 Å². The first-order chi connectivity index (χ1) is 15.6. The fraction of sp³-hybridized carbons (Fsp3) is 0.333. The molecule has 5 nitrogen and oxygen atoms in total. The van der Waals surface area contributed by atoms with Crippen molar-refractivity contribution in [2.75, 3.05) is 0 Å². The number of aromatic nitrogens is 1. The van der Waals surface area contributed by atoms with Crippen molar-refractivity contribution in [1.29, 1.82) is 0 Å². The molecule has 9 heteroatoms. The van der Waals surface area contributed by atoms with Gasteiger partial charge < -0.3 is 15.0 Å². The van der Waals surface area contributed by atoms with Gasteiger partial charge in [0.1, 0.15) is 12.4 Å². The number of rotatable bonds is 6. The molecule has 3 aromatic rings. The number of hydrogen-bond donors (Lipinski definition) is 2. The van der Waals surface area contributed by atoms with Gasteiger partial charge in [-0.2, -0.15) is 13.2 Å². The predicted molar refractivity (Wildman–Crippen MR) is 113 cm³/mol. The molecule has 1 unspecified atom stereocenters. The Bertz CT molecular complexity index is 1200.